The zero-order valence-electron chi connectivity index (χ0n) is 10.0. The van der Waals surface area contributed by atoms with Crippen molar-refractivity contribution in [1.29, 1.82) is 0 Å². The summed E-state index contributed by atoms with van der Waals surface area (Å²) < 4.78 is 0. The van der Waals surface area contributed by atoms with Crippen LogP contribution in [0.4, 0.5) is 16.3 Å². The van der Waals surface area contributed by atoms with E-state index in [2.05, 4.69) is 20.8 Å². The van der Waals surface area contributed by atoms with E-state index in [0.29, 0.717) is 10.7 Å². The summed E-state index contributed by atoms with van der Waals surface area (Å²) in [5.74, 6) is 0.247. The van der Waals surface area contributed by atoms with Crippen LogP contribution in [0.15, 0.2) is 35.1 Å². The number of carbonyl (C=O) groups is 1. The monoisotopic (exact) mass is 278 g/mol. The fourth-order valence-electron chi connectivity index (χ4n) is 1.43. The molecule has 2 aromatic rings. The number of benzene rings is 1. The van der Waals surface area contributed by atoms with Crippen LogP contribution in [-0.4, -0.2) is 16.2 Å². The van der Waals surface area contributed by atoms with Gasteiger partial charge in [0.2, 0.25) is 0 Å². The zero-order chi connectivity index (χ0) is 13.8. The summed E-state index contributed by atoms with van der Waals surface area (Å²) >= 11 is 5.95. The summed E-state index contributed by atoms with van der Waals surface area (Å²) in [5.41, 5.74) is 1.04. The maximum absolute atomic E-state index is 11.7. The number of halogens is 1. The van der Waals surface area contributed by atoms with Crippen molar-refractivity contribution in [3.8, 4) is 0 Å². The highest BCUT2D eigenvalue weighted by atomic mass is 35.5. The van der Waals surface area contributed by atoms with Gasteiger partial charge in [0.05, 0.1) is 0 Å². The molecule has 0 spiro atoms. The molecule has 0 unspecified atom stereocenters. The van der Waals surface area contributed by atoms with E-state index >= 15 is 0 Å². The van der Waals surface area contributed by atoms with Gasteiger partial charge in [-0.25, -0.2) is 9.89 Å². The molecule has 0 saturated carbocycles. The second kappa shape index (κ2) is 5.53. The normalized spacial score (nSPS) is 10.0. The first-order chi connectivity index (χ1) is 9.06. The van der Waals surface area contributed by atoms with Gasteiger partial charge < -0.3 is 5.32 Å². The van der Waals surface area contributed by atoms with Gasteiger partial charge in [-0.1, -0.05) is 17.7 Å². The van der Waals surface area contributed by atoms with Crippen molar-refractivity contribution in [1.82, 2.24) is 10.2 Å². The highest BCUT2D eigenvalue weighted by Gasteiger charge is 2.07. The van der Waals surface area contributed by atoms with Crippen LogP contribution in [0.1, 0.15) is 5.56 Å². The summed E-state index contributed by atoms with van der Waals surface area (Å²) in [4.78, 5) is 22.6. The summed E-state index contributed by atoms with van der Waals surface area (Å²) in [6, 6.07) is 7.43. The molecule has 3 N–H and O–H groups in total. The number of urea groups is 1. The predicted octanol–water partition coefficient (Wildman–Crippen LogP) is 2.38. The summed E-state index contributed by atoms with van der Waals surface area (Å²) in [5, 5.41) is 11.6. The topological polar surface area (TPSA) is 86.9 Å². The van der Waals surface area contributed by atoms with Gasteiger partial charge in [-0.15, -0.1) is 0 Å². The standard InChI is InChI=1S/C12H11ClN4O2/c1-7-8(13)3-2-4-9(7)14-12(19)15-10-5-6-11(18)17-16-10/h2-6H,1H3,(H,17,18)(H2,14,15,16,19). The fourth-order valence-corrected chi connectivity index (χ4v) is 1.60. The Morgan fingerprint density at radius 1 is 1.26 bits per heavy atom. The summed E-state index contributed by atoms with van der Waals surface area (Å²) in [6.45, 7) is 1.80. The van der Waals surface area contributed by atoms with Crippen LogP contribution >= 0.6 is 11.6 Å². The minimum Gasteiger partial charge on any atom is -0.307 e. The SMILES string of the molecule is Cc1c(Cl)cccc1NC(=O)Nc1ccc(=O)[nH]n1. The van der Waals surface area contributed by atoms with Gasteiger partial charge >= 0.3 is 6.03 Å². The molecule has 0 aliphatic rings. The first-order valence-corrected chi connectivity index (χ1v) is 5.83. The molecule has 98 valence electrons. The molecule has 0 radical (unpaired) electrons. The lowest BCUT2D eigenvalue weighted by atomic mass is 10.2. The number of rotatable bonds is 2. The molecular formula is C12H11ClN4O2. The minimum atomic E-state index is -0.468. The van der Waals surface area contributed by atoms with Crippen molar-refractivity contribution in [3.63, 3.8) is 0 Å². The molecule has 7 heteroatoms. The molecule has 2 rings (SSSR count). The van der Waals surface area contributed by atoms with Gasteiger partial charge in [0, 0.05) is 16.8 Å². The number of H-pyrrole nitrogens is 1. The lowest BCUT2D eigenvalue weighted by Gasteiger charge is -2.09. The van der Waals surface area contributed by atoms with Gasteiger partial charge in [0.15, 0.2) is 5.82 Å². The second-order valence-corrected chi connectivity index (χ2v) is 4.21. The average molecular weight is 279 g/mol. The largest absolute Gasteiger partial charge is 0.324 e. The zero-order valence-corrected chi connectivity index (χ0v) is 10.8. The molecule has 2 amide bonds. The first kappa shape index (κ1) is 13.1. The Morgan fingerprint density at radius 2 is 2.05 bits per heavy atom. The molecule has 1 aromatic heterocycles. The van der Waals surface area contributed by atoms with E-state index in [0.717, 1.165) is 5.56 Å². The van der Waals surface area contributed by atoms with Crippen molar-refractivity contribution in [2.75, 3.05) is 10.6 Å². The highest BCUT2D eigenvalue weighted by Crippen LogP contribution is 2.22. The molecular weight excluding hydrogens is 268 g/mol. The number of aromatic amines is 1. The Hall–Kier alpha value is -2.34. The van der Waals surface area contributed by atoms with Crippen molar-refractivity contribution >= 4 is 29.1 Å². The Bertz CT molecular complexity index is 649. The van der Waals surface area contributed by atoms with Crippen LogP contribution in [0.25, 0.3) is 0 Å². The molecule has 1 aromatic carbocycles. The van der Waals surface area contributed by atoms with Crippen LogP contribution in [0.5, 0.6) is 0 Å². The van der Waals surface area contributed by atoms with Crippen LogP contribution in [0.2, 0.25) is 5.02 Å². The van der Waals surface area contributed by atoms with Crippen LogP contribution in [-0.2, 0) is 0 Å². The number of amides is 2. The number of nitrogens with one attached hydrogen (secondary N) is 3. The Balaban J connectivity index is 2.07. The Labute approximate surface area is 113 Å². The fraction of sp³-hybridized carbons (Fsp3) is 0.0833. The lowest BCUT2D eigenvalue weighted by Crippen LogP contribution is -2.21. The van der Waals surface area contributed by atoms with E-state index < -0.39 is 6.03 Å². The van der Waals surface area contributed by atoms with Crippen LogP contribution in [0, 0.1) is 6.92 Å². The molecule has 0 atom stereocenters. The van der Waals surface area contributed by atoms with E-state index in [1.54, 1.807) is 25.1 Å². The Kier molecular flexibility index (Phi) is 3.82. The third-order valence-electron chi connectivity index (χ3n) is 2.44. The predicted molar refractivity (Wildman–Crippen MR) is 73.7 cm³/mol. The third-order valence-corrected chi connectivity index (χ3v) is 2.85. The summed E-state index contributed by atoms with van der Waals surface area (Å²) in [7, 11) is 0. The maximum Gasteiger partial charge on any atom is 0.324 e. The molecule has 0 aliphatic carbocycles. The van der Waals surface area contributed by atoms with Crippen molar-refractivity contribution in [3.05, 3.63) is 51.3 Å². The van der Waals surface area contributed by atoms with Gasteiger partial charge in [-0.2, -0.15) is 5.10 Å². The van der Waals surface area contributed by atoms with Crippen LogP contribution in [0.3, 0.4) is 0 Å². The molecule has 6 nitrogen and oxygen atoms in total. The maximum atomic E-state index is 11.7. The molecule has 1 heterocycles. The van der Waals surface area contributed by atoms with E-state index in [-0.39, 0.29) is 11.4 Å². The number of hydrogen-bond donors (Lipinski definition) is 3. The van der Waals surface area contributed by atoms with Gasteiger partial charge in [-0.05, 0) is 30.7 Å². The van der Waals surface area contributed by atoms with Crippen LogP contribution < -0.4 is 16.2 Å². The highest BCUT2D eigenvalue weighted by molar-refractivity contribution is 6.31. The van der Waals surface area contributed by atoms with Crippen molar-refractivity contribution in [2.45, 2.75) is 6.92 Å². The summed E-state index contributed by atoms with van der Waals surface area (Å²) in [6.07, 6.45) is 0. The smallest absolute Gasteiger partial charge is 0.307 e. The molecule has 0 fully saturated rings. The van der Waals surface area contributed by atoms with E-state index in [1.807, 2.05) is 0 Å². The van der Waals surface area contributed by atoms with Gasteiger partial charge in [0.1, 0.15) is 0 Å². The van der Waals surface area contributed by atoms with Gasteiger partial charge in [0.25, 0.3) is 5.56 Å². The molecule has 19 heavy (non-hydrogen) atoms. The van der Waals surface area contributed by atoms with E-state index in [9.17, 15) is 9.59 Å². The average Bonchev–Trinajstić information content (AvgIpc) is 2.38. The second-order valence-electron chi connectivity index (χ2n) is 3.80. The molecule has 0 saturated heterocycles. The van der Waals surface area contributed by atoms with Crippen molar-refractivity contribution < 1.29 is 4.79 Å². The number of nitrogens with zero attached hydrogens (tertiary/aromatic N) is 1. The number of hydrogen-bond acceptors (Lipinski definition) is 3. The number of aromatic nitrogens is 2. The van der Waals surface area contributed by atoms with Gasteiger partial charge in [-0.3, -0.25) is 10.1 Å². The molecule has 0 bridgehead atoms. The molecule has 0 aliphatic heterocycles. The number of carbonyl (C=O) groups excluding carboxylic acids is 1. The minimum absolute atomic E-state index is 0.247. The first-order valence-electron chi connectivity index (χ1n) is 5.45. The van der Waals surface area contributed by atoms with E-state index in [4.69, 9.17) is 11.6 Å². The number of anilines is 2. The third kappa shape index (κ3) is 3.32. The lowest BCUT2D eigenvalue weighted by molar-refractivity contribution is 0.262. The van der Waals surface area contributed by atoms with Crippen molar-refractivity contribution in [2.24, 2.45) is 0 Å². The van der Waals surface area contributed by atoms with E-state index in [1.165, 1.54) is 12.1 Å². The quantitative estimate of drug-likeness (QED) is 0.788. The Morgan fingerprint density at radius 3 is 2.74 bits per heavy atom.